The molecule has 0 spiro atoms. The third kappa shape index (κ3) is 3.76. The number of nitrogens with zero attached hydrogens (tertiary/aromatic N) is 1. The van der Waals surface area contributed by atoms with Gasteiger partial charge < -0.3 is 10.1 Å². The number of halogens is 1. The molecule has 0 fully saturated rings. The molecule has 0 radical (unpaired) electrons. The number of carbonyl (C=O) groups excluding carboxylic acids is 1. The zero-order valence-electron chi connectivity index (χ0n) is 8.79. The molecule has 0 unspecified atom stereocenters. The second-order valence-electron chi connectivity index (χ2n) is 2.87. The van der Waals surface area contributed by atoms with Crippen molar-refractivity contribution in [3.8, 4) is 0 Å². The third-order valence-electron chi connectivity index (χ3n) is 1.75. The Labute approximate surface area is 107 Å². The van der Waals surface area contributed by atoms with Crippen molar-refractivity contribution in [1.82, 2.24) is 4.98 Å². The SMILES string of the molecule is CCOC(=O)CNc1ncccc1C(=N)I. The maximum atomic E-state index is 11.1. The van der Waals surface area contributed by atoms with Gasteiger partial charge in [0, 0.05) is 11.8 Å². The van der Waals surface area contributed by atoms with Crippen LogP contribution in [0.2, 0.25) is 0 Å². The summed E-state index contributed by atoms with van der Waals surface area (Å²) < 4.78 is 5.15. The van der Waals surface area contributed by atoms with Crippen LogP contribution in [0, 0.1) is 5.41 Å². The Morgan fingerprint density at radius 1 is 1.69 bits per heavy atom. The number of esters is 1. The molecule has 0 atom stereocenters. The Balaban J connectivity index is 2.66. The molecule has 5 nitrogen and oxygen atoms in total. The first kappa shape index (κ1) is 12.9. The molecule has 0 aliphatic carbocycles. The predicted octanol–water partition coefficient (Wildman–Crippen LogP) is 1.82. The summed E-state index contributed by atoms with van der Waals surface area (Å²) in [5.41, 5.74) is 0.674. The molecule has 2 N–H and O–H groups in total. The number of carbonyl (C=O) groups is 1. The van der Waals surface area contributed by atoms with Gasteiger partial charge in [0.15, 0.2) is 0 Å². The van der Waals surface area contributed by atoms with Gasteiger partial charge in [0.2, 0.25) is 0 Å². The topological polar surface area (TPSA) is 75.1 Å². The first-order valence-corrected chi connectivity index (χ1v) is 5.82. The highest BCUT2D eigenvalue weighted by Crippen LogP contribution is 2.14. The molecule has 0 saturated carbocycles. The Morgan fingerprint density at radius 3 is 3.06 bits per heavy atom. The second-order valence-corrected chi connectivity index (χ2v) is 3.95. The molecule has 1 aromatic heterocycles. The number of hydrogen-bond acceptors (Lipinski definition) is 5. The zero-order chi connectivity index (χ0) is 12.0. The lowest BCUT2D eigenvalue weighted by Crippen LogP contribution is -2.18. The van der Waals surface area contributed by atoms with Gasteiger partial charge in [0.05, 0.1) is 6.61 Å². The molecule has 0 bridgehead atoms. The summed E-state index contributed by atoms with van der Waals surface area (Å²) in [6, 6.07) is 3.52. The highest BCUT2D eigenvalue weighted by Gasteiger charge is 2.08. The van der Waals surface area contributed by atoms with Gasteiger partial charge in [0.25, 0.3) is 0 Å². The Morgan fingerprint density at radius 2 is 2.44 bits per heavy atom. The van der Waals surface area contributed by atoms with Crippen LogP contribution in [-0.2, 0) is 9.53 Å². The quantitative estimate of drug-likeness (QED) is 0.490. The Hall–Kier alpha value is -1.18. The first-order valence-electron chi connectivity index (χ1n) is 4.74. The van der Waals surface area contributed by atoms with Crippen LogP contribution in [0.3, 0.4) is 0 Å². The summed E-state index contributed by atoms with van der Waals surface area (Å²) >= 11 is 1.89. The highest BCUT2D eigenvalue weighted by atomic mass is 127. The lowest BCUT2D eigenvalue weighted by atomic mass is 10.3. The van der Waals surface area contributed by atoms with Crippen molar-refractivity contribution in [3.63, 3.8) is 0 Å². The summed E-state index contributed by atoms with van der Waals surface area (Å²) in [6.07, 6.45) is 1.61. The molecule has 1 rings (SSSR count). The van der Waals surface area contributed by atoms with Gasteiger partial charge in [0.1, 0.15) is 16.1 Å². The maximum absolute atomic E-state index is 11.1. The number of ether oxygens (including phenoxy) is 1. The second kappa shape index (κ2) is 6.41. The normalized spacial score (nSPS) is 9.62. The smallest absolute Gasteiger partial charge is 0.325 e. The van der Waals surface area contributed by atoms with Gasteiger partial charge in [-0.1, -0.05) is 0 Å². The Kier molecular flexibility index (Phi) is 5.17. The summed E-state index contributed by atoms with van der Waals surface area (Å²) in [5.74, 6) is 0.189. The van der Waals surface area contributed by atoms with E-state index in [0.717, 1.165) is 0 Å². The van der Waals surface area contributed by atoms with E-state index in [1.807, 2.05) is 22.6 Å². The third-order valence-corrected chi connectivity index (χ3v) is 2.33. The van der Waals surface area contributed by atoms with Gasteiger partial charge in [-0.2, -0.15) is 0 Å². The minimum absolute atomic E-state index is 0.0573. The van der Waals surface area contributed by atoms with E-state index in [-0.39, 0.29) is 12.5 Å². The van der Waals surface area contributed by atoms with E-state index >= 15 is 0 Å². The fourth-order valence-corrected chi connectivity index (χ4v) is 1.53. The summed E-state index contributed by atoms with van der Waals surface area (Å²) in [4.78, 5) is 15.2. The van der Waals surface area contributed by atoms with E-state index in [1.165, 1.54) is 0 Å². The van der Waals surface area contributed by atoms with E-state index in [9.17, 15) is 4.79 Å². The van der Waals surface area contributed by atoms with Crippen LogP contribution in [0.15, 0.2) is 18.3 Å². The number of hydrogen-bond donors (Lipinski definition) is 2. The summed E-state index contributed by atoms with van der Waals surface area (Å²) in [6.45, 7) is 2.17. The van der Waals surface area contributed by atoms with Crippen LogP contribution in [-0.4, -0.2) is 27.8 Å². The van der Waals surface area contributed by atoms with Crippen LogP contribution in [0.4, 0.5) is 5.82 Å². The van der Waals surface area contributed by atoms with Crippen LogP contribution in [0.1, 0.15) is 12.5 Å². The molecule has 1 heterocycles. The van der Waals surface area contributed by atoms with Crippen LogP contribution >= 0.6 is 22.6 Å². The van der Waals surface area contributed by atoms with Crippen molar-refractivity contribution >= 4 is 38.1 Å². The van der Waals surface area contributed by atoms with Gasteiger partial charge in [-0.25, -0.2) is 4.98 Å². The number of anilines is 1. The summed E-state index contributed by atoms with van der Waals surface area (Å²) in [5, 5.41) is 10.4. The lowest BCUT2D eigenvalue weighted by Gasteiger charge is -2.08. The zero-order valence-corrected chi connectivity index (χ0v) is 10.9. The molecule has 0 amide bonds. The molecule has 86 valence electrons. The van der Waals surface area contributed by atoms with Crippen molar-refractivity contribution in [2.45, 2.75) is 6.92 Å². The fourth-order valence-electron chi connectivity index (χ4n) is 1.09. The molecule has 0 aliphatic heterocycles. The number of rotatable bonds is 5. The van der Waals surface area contributed by atoms with E-state index in [4.69, 9.17) is 10.1 Å². The van der Waals surface area contributed by atoms with Gasteiger partial charge in [-0.05, 0) is 41.6 Å². The van der Waals surface area contributed by atoms with Crippen LogP contribution in [0.5, 0.6) is 0 Å². The van der Waals surface area contributed by atoms with Crippen molar-refractivity contribution in [2.24, 2.45) is 0 Å². The fraction of sp³-hybridized carbons (Fsp3) is 0.300. The van der Waals surface area contributed by atoms with E-state index < -0.39 is 0 Å². The number of aromatic nitrogens is 1. The first-order chi connectivity index (χ1) is 7.65. The molecule has 0 aromatic carbocycles. The van der Waals surface area contributed by atoms with E-state index in [2.05, 4.69) is 10.3 Å². The van der Waals surface area contributed by atoms with Gasteiger partial charge in [-0.15, -0.1) is 0 Å². The molecule has 6 heteroatoms. The van der Waals surface area contributed by atoms with Crippen molar-refractivity contribution in [3.05, 3.63) is 23.9 Å². The van der Waals surface area contributed by atoms with Gasteiger partial charge >= 0.3 is 5.97 Å². The lowest BCUT2D eigenvalue weighted by molar-refractivity contribution is -0.140. The minimum atomic E-state index is -0.334. The molecule has 16 heavy (non-hydrogen) atoms. The standard InChI is InChI=1S/C10H12IN3O2/c1-2-16-8(15)6-14-10-7(9(11)12)4-3-5-13-10/h3-5,12H,2,6H2,1H3,(H,13,14). The monoisotopic (exact) mass is 333 g/mol. The number of pyridine rings is 1. The summed E-state index contributed by atoms with van der Waals surface area (Å²) in [7, 11) is 0. The van der Waals surface area contributed by atoms with Crippen molar-refractivity contribution < 1.29 is 9.53 Å². The van der Waals surface area contributed by atoms with E-state index in [1.54, 1.807) is 25.3 Å². The highest BCUT2D eigenvalue weighted by molar-refractivity contribution is 14.1. The minimum Gasteiger partial charge on any atom is -0.465 e. The van der Waals surface area contributed by atoms with Crippen molar-refractivity contribution in [2.75, 3.05) is 18.5 Å². The largest absolute Gasteiger partial charge is 0.465 e. The predicted molar refractivity (Wildman–Crippen MR) is 70.2 cm³/mol. The Bertz CT molecular complexity index is 395. The average Bonchev–Trinajstić information content (AvgIpc) is 2.27. The van der Waals surface area contributed by atoms with Crippen LogP contribution in [0.25, 0.3) is 0 Å². The molecular formula is C10H12IN3O2. The van der Waals surface area contributed by atoms with Crippen LogP contribution < -0.4 is 5.32 Å². The van der Waals surface area contributed by atoms with Crippen molar-refractivity contribution in [1.29, 1.82) is 5.41 Å². The van der Waals surface area contributed by atoms with Gasteiger partial charge in [-0.3, -0.25) is 10.2 Å². The maximum Gasteiger partial charge on any atom is 0.325 e. The molecule has 0 aliphatic rings. The number of nitrogens with one attached hydrogen (secondary N) is 2. The average molecular weight is 333 g/mol. The molecule has 0 saturated heterocycles. The van der Waals surface area contributed by atoms with E-state index in [0.29, 0.717) is 21.7 Å². The molecular weight excluding hydrogens is 321 g/mol. The molecule has 1 aromatic rings.